The Hall–Kier alpha value is -2.25. The van der Waals surface area contributed by atoms with Crippen LogP contribution in [0, 0.1) is 0 Å². The van der Waals surface area contributed by atoms with E-state index in [2.05, 4.69) is 10.3 Å². The first-order valence-electron chi connectivity index (χ1n) is 7.19. The van der Waals surface area contributed by atoms with Gasteiger partial charge in [-0.25, -0.2) is 4.98 Å². The summed E-state index contributed by atoms with van der Waals surface area (Å²) in [6.07, 6.45) is 0. The molecule has 0 spiro atoms. The number of nitrogens with one attached hydrogen (secondary N) is 1. The summed E-state index contributed by atoms with van der Waals surface area (Å²) >= 11 is 2.90. The van der Waals surface area contributed by atoms with Crippen molar-refractivity contribution in [3.8, 4) is 11.5 Å². The van der Waals surface area contributed by atoms with Crippen LogP contribution >= 0.6 is 23.1 Å². The normalized spacial score (nSPS) is 10.6. The lowest BCUT2D eigenvalue weighted by Crippen LogP contribution is -2.13. The summed E-state index contributed by atoms with van der Waals surface area (Å²) in [5.74, 6) is 1.82. The molecule has 0 unspecified atom stereocenters. The van der Waals surface area contributed by atoms with Gasteiger partial charge in [-0.1, -0.05) is 11.3 Å². The van der Waals surface area contributed by atoms with Gasteiger partial charge in [0, 0.05) is 4.90 Å². The van der Waals surface area contributed by atoms with E-state index in [0.717, 1.165) is 26.6 Å². The Bertz CT molecular complexity index is 847. The summed E-state index contributed by atoms with van der Waals surface area (Å²) in [5, 5.41) is 3.44. The Morgan fingerprint density at radius 3 is 2.54 bits per heavy atom. The van der Waals surface area contributed by atoms with E-state index >= 15 is 0 Å². The van der Waals surface area contributed by atoms with Crippen molar-refractivity contribution >= 4 is 44.4 Å². The van der Waals surface area contributed by atoms with E-state index in [1.165, 1.54) is 23.1 Å². The summed E-state index contributed by atoms with van der Waals surface area (Å²) in [6, 6.07) is 13.3. The van der Waals surface area contributed by atoms with E-state index in [0.29, 0.717) is 10.9 Å². The number of nitrogens with zero attached hydrogens (tertiary/aromatic N) is 1. The molecule has 7 heteroatoms. The van der Waals surface area contributed by atoms with E-state index in [1.807, 2.05) is 42.5 Å². The zero-order chi connectivity index (χ0) is 16.9. The van der Waals surface area contributed by atoms with Crippen LogP contribution in [0.15, 0.2) is 47.4 Å². The molecule has 0 radical (unpaired) electrons. The number of thiazole rings is 1. The van der Waals surface area contributed by atoms with Crippen LogP contribution in [0.3, 0.4) is 0 Å². The van der Waals surface area contributed by atoms with Crippen LogP contribution in [0.2, 0.25) is 0 Å². The van der Waals surface area contributed by atoms with Crippen molar-refractivity contribution in [2.75, 3.05) is 25.3 Å². The lowest BCUT2D eigenvalue weighted by Gasteiger charge is -2.03. The van der Waals surface area contributed by atoms with E-state index in [1.54, 1.807) is 14.2 Å². The van der Waals surface area contributed by atoms with Gasteiger partial charge in [0.05, 0.1) is 30.2 Å². The SMILES string of the molecule is COc1ccc(SCC(=O)Nc2nc3ccc(OC)cc3s2)cc1. The second kappa shape index (κ2) is 7.55. The molecule has 5 nitrogen and oxygen atoms in total. The van der Waals surface area contributed by atoms with E-state index < -0.39 is 0 Å². The fraction of sp³-hybridized carbons (Fsp3) is 0.176. The molecule has 1 aromatic heterocycles. The molecule has 0 fully saturated rings. The first-order valence-corrected chi connectivity index (χ1v) is 8.99. The molecule has 1 heterocycles. The summed E-state index contributed by atoms with van der Waals surface area (Å²) < 4.78 is 11.3. The monoisotopic (exact) mass is 360 g/mol. The highest BCUT2D eigenvalue weighted by Gasteiger charge is 2.09. The molecule has 0 aliphatic rings. The van der Waals surface area contributed by atoms with Crippen molar-refractivity contribution in [3.63, 3.8) is 0 Å². The molecule has 0 bridgehead atoms. The van der Waals surface area contributed by atoms with Crippen molar-refractivity contribution in [1.82, 2.24) is 4.98 Å². The van der Waals surface area contributed by atoms with Crippen LogP contribution in [-0.4, -0.2) is 30.9 Å². The van der Waals surface area contributed by atoms with Gasteiger partial charge in [0.15, 0.2) is 5.13 Å². The molecule has 3 aromatic rings. The van der Waals surface area contributed by atoms with Crippen LogP contribution in [0.4, 0.5) is 5.13 Å². The van der Waals surface area contributed by atoms with E-state index in [-0.39, 0.29) is 5.91 Å². The zero-order valence-corrected chi connectivity index (χ0v) is 14.9. The second-order valence-electron chi connectivity index (χ2n) is 4.87. The highest BCUT2D eigenvalue weighted by molar-refractivity contribution is 8.00. The minimum Gasteiger partial charge on any atom is -0.497 e. The van der Waals surface area contributed by atoms with Crippen molar-refractivity contribution in [2.24, 2.45) is 0 Å². The summed E-state index contributed by atoms with van der Waals surface area (Å²) in [7, 11) is 3.25. The summed E-state index contributed by atoms with van der Waals surface area (Å²) in [4.78, 5) is 17.5. The number of amides is 1. The van der Waals surface area contributed by atoms with Crippen LogP contribution in [0.25, 0.3) is 10.2 Å². The molecular weight excluding hydrogens is 344 g/mol. The topological polar surface area (TPSA) is 60.5 Å². The Kier molecular flexibility index (Phi) is 5.22. The third kappa shape index (κ3) is 3.98. The molecule has 1 amide bonds. The maximum Gasteiger partial charge on any atom is 0.236 e. The quantitative estimate of drug-likeness (QED) is 0.672. The number of fused-ring (bicyclic) bond motifs is 1. The van der Waals surface area contributed by atoms with Crippen molar-refractivity contribution in [2.45, 2.75) is 4.90 Å². The maximum absolute atomic E-state index is 12.1. The number of hydrogen-bond acceptors (Lipinski definition) is 6. The third-order valence-electron chi connectivity index (χ3n) is 3.27. The fourth-order valence-electron chi connectivity index (χ4n) is 2.06. The zero-order valence-electron chi connectivity index (χ0n) is 13.2. The number of carbonyl (C=O) groups excluding carboxylic acids is 1. The standard InChI is InChI=1S/C17H16N2O3S2/c1-21-11-3-6-13(7-4-11)23-10-16(20)19-17-18-14-8-5-12(22-2)9-15(14)24-17/h3-9H,10H2,1-2H3,(H,18,19,20). The highest BCUT2D eigenvalue weighted by Crippen LogP contribution is 2.29. The number of aromatic nitrogens is 1. The van der Waals surface area contributed by atoms with Gasteiger partial charge in [-0.15, -0.1) is 11.8 Å². The number of rotatable bonds is 6. The van der Waals surface area contributed by atoms with Gasteiger partial charge >= 0.3 is 0 Å². The van der Waals surface area contributed by atoms with Crippen molar-refractivity contribution in [1.29, 1.82) is 0 Å². The van der Waals surface area contributed by atoms with Gasteiger partial charge in [-0.05, 0) is 42.5 Å². The van der Waals surface area contributed by atoms with Crippen molar-refractivity contribution < 1.29 is 14.3 Å². The molecule has 3 rings (SSSR count). The molecule has 0 aliphatic carbocycles. The van der Waals surface area contributed by atoms with Crippen LogP contribution in [0.1, 0.15) is 0 Å². The predicted molar refractivity (Wildman–Crippen MR) is 98.5 cm³/mol. The van der Waals surface area contributed by atoms with Gasteiger partial charge < -0.3 is 14.8 Å². The number of methoxy groups -OCH3 is 2. The second-order valence-corrected chi connectivity index (χ2v) is 6.94. The smallest absolute Gasteiger partial charge is 0.236 e. The van der Waals surface area contributed by atoms with Crippen LogP contribution in [-0.2, 0) is 4.79 Å². The third-order valence-corrected chi connectivity index (χ3v) is 5.22. The van der Waals surface area contributed by atoms with Crippen LogP contribution < -0.4 is 14.8 Å². The number of hydrogen-bond donors (Lipinski definition) is 1. The average molecular weight is 360 g/mol. The van der Waals surface area contributed by atoms with E-state index in [9.17, 15) is 4.79 Å². The van der Waals surface area contributed by atoms with Crippen molar-refractivity contribution in [3.05, 3.63) is 42.5 Å². The first-order chi connectivity index (χ1) is 11.7. The lowest BCUT2D eigenvalue weighted by molar-refractivity contribution is -0.113. The Morgan fingerprint density at radius 1 is 1.12 bits per heavy atom. The lowest BCUT2D eigenvalue weighted by atomic mass is 10.3. The summed E-state index contributed by atoms with van der Waals surface area (Å²) in [6.45, 7) is 0. The predicted octanol–water partition coefficient (Wildman–Crippen LogP) is 4.04. The largest absolute Gasteiger partial charge is 0.497 e. The molecule has 1 N–H and O–H groups in total. The van der Waals surface area contributed by atoms with Gasteiger partial charge in [0.1, 0.15) is 11.5 Å². The van der Waals surface area contributed by atoms with Gasteiger partial charge in [-0.3, -0.25) is 4.79 Å². The number of carbonyl (C=O) groups is 1. The molecule has 124 valence electrons. The molecule has 0 saturated heterocycles. The van der Waals surface area contributed by atoms with Crippen LogP contribution in [0.5, 0.6) is 11.5 Å². The Balaban J connectivity index is 1.59. The number of anilines is 1. The van der Waals surface area contributed by atoms with Gasteiger partial charge in [0.2, 0.25) is 5.91 Å². The van der Waals surface area contributed by atoms with E-state index in [4.69, 9.17) is 9.47 Å². The molecule has 0 aliphatic heterocycles. The molecule has 2 aromatic carbocycles. The number of benzene rings is 2. The minimum absolute atomic E-state index is 0.0816. The summed E-state index contributed by atoms with van der Waals surface area (Å²) in [5.41, 5.74) is 0.846. The molecule has 0 atom stereocenters. The van der Waals surface area contributed by atoms with Gasteiger partial charge in [0.25, 0.3) is 0 Å². The molecule has 0 saturated carbocycles. The maximum atomic E-state index is 12.1. The average Bonchev–Trinajstić information content (AvgIpc) is 3.01. The Morgan fingerprint density at radius 2 is 1.83 bits per heavy atom. The molecular formula is C17H16N2O3S2. The fourth-order valence-corrected chi connectivity index (χ4v) is 3.67. The minimum atomic E-state index is -0.0816. The first kappa shape index (κ1) is 16.6. The van der Waals surface area contributed by atoms with Gasteiger partial charge in [-0.2, -0.15) is 0 Å². The Labute approximate surface area is 148 Å². The molecule has 24 heavy (non-hydrogen) atoms. The number of ether oxygens (including phenoxy) is 2. The number of thioether (sulfide) groups is 1. The highest BCUT2D eigenvalue weighted by atomic mass is 32.2.